The van der Waals surface area contributed by atoms with Crippen molar-refractivity contribution >= 4 is 44.9 Å². The highest BCUT2D eigenvalue weighted by Crippen LogP contribution is 2.36. The van der Waals surface area contributed by atoms with E-state index >= 15 is 0 Å². The third-order valence-corrected chi connectivity index (χ3v) is 7.37. The lowest BCUT2D eigenvalue weighted by Crippen LogP contribution is -2.22. The number of fused-ring (bicyclic) bond motifs is 3. The Labute approximate surface area is 170 Å². The van der Waals surface area contributed by atoms with Crippen LogP contribution in [0, 0.1) is 18.3 Å². The van der Waals surface area contributed by atoms with E-state index in [1.54, 1.807) is 22.0 Å². The summed E-state index contributed by atoms with van der Waals surface area (Å²) in [4.78, 5) is 20.4. The number of rotatable bonds is 3. The minimum atomic E-state index is -0.309. The lowest BCUT2D eigenvalue weighted by Gasteiger charge is -2.14. The highest BCUT2D eigenvalue weighted by atomic mass is 35.5. The summed E-state index contributed by atoms with van der Waals surface area (Å²) >= 11 is 9.25. The molecule has 27 heavy (non-hydrogen) atoms. The predicted molar refractivity (Wildman–Crippen MR) is 113 cm³/mol. The lowest BCUT2D eigenvalue weighted by atomic mass is 9.97. The maximum Gasteiger partial charge on any atom is 0.267 e. The van der Waals surface area contributed by atoms with Gasteiger partial charge in [-0.1, -0.05) is 29.4 Å². The molecule has 7 heteroatoms. The van der Waals surface area contributed by atoms with E-state index in [-0.39, 0.29) is 10.8 Å². The molecule has 1 aliphatic rings. The molecular weight excluding hydrogens is 398 g/mol. The molecule has 0 aliphatic heterocycles. The van der Waals surface area contributed by atoms with E-state index in [1.807, 2.05) is 26.0 Å². The van der Waals surface area contributed by atoms with E-state index in [9.17, 15) is 10.1 Å². The van der Waals surface area contributed by atoms with Gasteiger partial charge in [0.25, 0.3) is 5.56 Å². The molecule has 1 unspecified atom stereocenters. The van der Waals surface area contributed by atoms with E-state index in [2.05, 4.69) is 6.07 Å². The summed E-state index contributed by atoms with van der Waals surface area (Å²) in [5, 5.41) is 10.8. The zero-order valence-corrected chi connectivity index (χ0v) is 17.5. The third-order valence-electron chi connectivity index (χ3n) is 4.84. The van der Waals surface area contributed by atoms with E-state index in [1.165, 1.54) is 16.6 Å². The molecule has 2 aromatic heterocycles. The first-order valence-corrected chi connectivity index (χ1v) is 11.0. The molecule has 0 amide bonds. The van der Waals surface area contributed by atoms with Gasteiger partial charge < -0.3 is 0 Å². The van der Waals surface area contributed by atoms with Gasteiger partial charge in [-0.3, -0.25) is 9.36 Å². The van der Waals surface area contributed by atoms with Crippen molar-refractivity contribution in [3.8, 4) is 11.8 Å². The Balaban J connectivity index is 2.02. The molecule has 0 saturated heterocycles. The number of halogens is 1. The zero-order valence-electron chi connectivity index (χ0n) is 15.1. The van der Waals surface area contributed by atoms with Crippen LogP contribution in [0.25, 0.3) is 15.9 Å². The van der Waals surface area contributed by atoms with Gasteiger partial charge in [0.1, 0.15) is 4.83 Å². The summed E-state index contributed by atoms with van der Waals surface area (Å²) in [7, 11) is 0. The van der Waals surface area contributed by atoms with E-state index in [4.69, 9.17) is 16.6 Å². The maximum absolute atomic E-state index is 13.5. The van der Waals surface area contributed by atoms with Crippen LogP contribution in [-0.4, -0.2) is 14.8 Å². The molecule has 1 atom stereocenters. The first-order chi connectivity index (χ1) is 13.0. The summed E-state index contributed by atoms with van der Waals surface area (Å²) in [5.41, 5.74) is 2.74. The summed E-state index contributed by atoms with van der Waals surface area (Å²) in [6.45, 7) is 3.74. The number of thiophene rings is 1. The van der Waals surface area contributed by atoms with Crippen molar-refractivity contribution in [3.05, 3.63) is 49.6 Å². The van der Waals surface area contributed by atoms with Gasteiger partial charge in [0.2, 0.25) is 0 Å². The molecule has 0 fully saturated rings. The summed E-state index contributed by atoms with van der Waals surface area (Å²) in [6, 6.07) is 7.80. The summed E-state index contributed by atoms with van der Waals surface area (Å²) in [6.07, 6.45) is 4.22. The second-order valence-electron chi connectivity index (χ2n) is 6.75. The smallest absolute Gasteiger partial charge is 0.267 e. The van der Waals surface area contributed by atoms with Gasteiger partial charge >= 0.3 is 0 Å². The van der Waals surface area contributed by atoms with E-state index < -0.39 is 0 Å². The van der Waals surface area contributed by atoms with Crippen molar-refractivity contribution in [1.82, 2.24) is 9.55 Å². The van der Waals surface area contributed by atoms with Gasteiger partial charge in [0, 0.05) is 9.90 Å². The van der Waals surface area contributed by atoms with E-state index in [0.29, 0.717) is 15.9 Å². The second-order valence-corrected chi connectivity index (χ2v) is 9.55. The number of thioether (sulfide) groups is 1. The van der Waals surface area contributed by atoms with Crippen LogP contribution in [0.1, 0.15) is 35.8 Å². The maximum atomic E-state index is 13.5. The van der Waals surface area contributed by atoms with Crippen LogP contribution in [0.5, 0.6) is 0 Å². The van der Waals surface area contributed by atoms with Crippen molar-refractivity contribution < 1.29 is 0 Å². The van der Waals surface area contributed by atoms with Crippen LogP contribution >= 0.6 is 34.7 Å². The number of nitrogens with zero attached hydrogens (tertiary/aromatic N) is 3. The van der Waals surface area contributed by atoms with Crippen LogP contribution < -0.4 is 5.56 Å². The Bertz CT molecular complexity index is 1140. The average Bonchev–Trinajstić information content (AvgIpc) is 3.03. The zero-order chi connectivity index (χ0) is 19.1. The largest absolute Gasteiger partial charge is 0.268 e. The van der Waals surface area contributed by atoms with Crippen molar-refractivity contribution in [2.75, 3.05) is 0 Å². The Morgan fingerprint density at radius 1 is 1.37 bits per heavy atom. The van der Waals surface area contributed by atoms with Crippen molar-refractivity contribution in [2.24, 2.45) is 0 Å². The first-order valence-electron chi connectivity index (χ1n) is 8.89. The molecular formula is C20H18ClN3OS2. The number of aromatic nitrogens is 2. The SMILES string of the molecule is Cc1ccc(-n2c(SC(C)C#N)nc3sc4c(c3c2=O)CCCC4)cc1Cl. The molecule has 2 heterocycles. The van der Waals surface area contributed by atoms with E-state index in [0.717, 1.165) is 47.0 Å². The molecule has 1 aliphatic carbocycles. The summed E-state index contributed by atoms with van der Waals surface area (Å²) in [5.74, 6) is 0. The standard InChI is InChI=1S/C20H18ClN3OS2/c1-11-7-8-13(9-15(11)21)24-19(25)17-14-5-3-4-6-16(14)27-18(17)23-20(24)26-12(2)10-22/h7-9,12H,3-6H2,1-2H3. The van der Waals surface area contributed by atoms with Crippen LogP contribution in [0.2, 0.25) is 5.02 Å². The van der Waals surface area contributed by atoms with Gasteiger partial charge in [-0.15, -0.1) is 11.3 Å². The molecule has 3 aromatic rings. The summed E-state index contributed by atoms with van der Waals surface area (Å²) < 4.78 is 1.62. The number of hydrogen-bond acceptors (Lipinski definition) is 5. The number of benzene rings is 1. The van der Waals surface area contributed by atoms with Crippen molar-refractivity contribution in [2.45, 2.75) is 49.9 Å². The van der Waals surface area contributed by atoms with Gasteiger partial charge in [-0.2, -0.15) is 5.26 Å². The molecule has 138 valence electrons. The molecule has 0 N–H and O–H groups in total. The number of hydrogen-bond donors (Lipinski definition) is 0. The van der Waals surface area contributed by atoms with Crippen molar-refractivity contribution in [3.63, 3.8) is 0 Å². The first kappa shape index (κ1) is 18.5. The van der Waals surface area contributed by atoms with Gasteiger partial charge in [-0.25, -0.2) is 4.98 Å². The Hall–Kier alpha value is -1.81. The van der Waals surface area contributed by atoms with Crippen molar-refractivity contribution in [1.29, 1.82) is 5.26 Å². The van der Waals surface area contributed by atoms with Gasteiger partial charge in [-0.05, 0) is 62.8 Å². The van der Waals surface area contributed by atoms with Gasteiger partial charge in [0.15, 0.2) is 5.16 Å². The molecule has 4 nitrogen and oxygen atoms in total. The normalized spacial score (nSPS) is 14.7. The van der Waals surface area contributed by atoms with Crippen LogP contribution in [-0.2, 0) is 12.8 Å². The Morgan fingerprint density at radius 3 is 2.89 bits per heavy atom. The third kappa shape index (κ3) is 3.29. The Morgan fingerprint density at radius 2 is 2.15 bits per heavy atom. The monoisotopic (exact) mass is 415 g/mol. The number of nitriles is 1. The Kier molecular flexibility index (Phi) is 5.02. The lowest BCUT2D eigenvalue weighted by molar-refractivity contribution is 0.699. The molecule has 1 aromatic carbocycles. The van der Waals surface area contributed by atoms with Crippen LogP contribution in [0.15, 0.2) is 28.2 Å². The van der Waals surface area contributed by atoms with Gasteiger partial charge in [0.05, 0.1) is 22.4 Å². The highest BCUT2D eigenvalue weighted by molar-refractivity contribution is 8.00. The minimum Gasteiger partial charge on any atom is -0.268 e. The molecule has 0 radical (unpaired) electrons. The quantitative estimate of drug-likeness (QED) is 0.430. The number of aryl methyl sites for hydroxylation is 3. The predicted octanol–water partition coefficient (Wildman–Crippen LogP) is 5.29. The fourth-order valence-electron chi connectivity index (χ4n) is 3.40. The topological polar surface area (TPSA) is 58.7 Å². The molecule has 4 rings (SSSR count). The molecule has 0 saturated carbocycles. The second kappa shape index (κ2) is 7.31. The van der Waals surface area contributed by atoms with Crippen LogP contribution in [0.3, 0.4) is 0 Å². The fourth-order valence-corrected chi connectivity index (χ4v) is 5.69. The average molecular weight is 416 g/mol. The fraction of sp³-hybridized carbons (Fsp3) is 0.350. The highest BCUT2D eigenvalue weighted by Gasteiger charge is 2.23. The molecule has 0 bridgehead atoms. The molecule has 0 spiro atoms. The minimum absolute atomic E-state index is 0.0630. The van der Waals surface area contributed by atoms with Crippen LogP contribution in [0.4, 0.5) is 0 Å².